The molecule has 1 aliphatic rings. The van der Waals surface area contributed by atoms with Gasteiger partial charge in [-0.3, -0.25) is 0 Å². The molecule has 1 amide bonds. The number of alkyl halides is 2. The highest BCUT2D eigenvalue weighted by atomic mass is 19.3. The van der Waals surface area contributed by atoms with Gasteiger partial charge in [0.05, 0.1) is 0 Å². The van der Waals surface area contributed by atoms with Gasteiger partial charge in [-0.15, -0.1) is 0 Å². The number of nitrogens with zero attached hydrogens (tertiary/aromatic N) is 2. The van der Waals surface area contributed by atoms with Crippen molar-refractivity contribution in [1.82, 2.24) is 10.2 Å². The first-order chi connectivity index (χ1) is 6.97. The number of carboxylic acid groups (broad SMARTS) is 1. The molecule has 0 heterocycles. The smallest absolute Gasteiger partial charge is 0.270 e. The molecular formula is C7H10F2N4O2. The fourth-order valence-electron chi connectivity index (χ4n) is 1.68. The van der Waals surface area contributed by atoms with Crippen molar-refractivity contribution in [3.05, 3.63) is 0 Å². The minimum absolute atomic E-state index is 0.224. The van der Waals surface area contributed by atoms with E-state index in [2.05, 4.69) is 10.0 Å². The molecule has 0 aromatic carbocycles. The summed E-state index contributed by atoms with van der Waals surface area (Å²) in [6.45, 7) is 0. The van der Waals surface area contributed by atoms with Crippen LogP contribution < -0.4 is 15.3 Å². The highest BCUT2D eigenvalue weighted by molar-refractivity contribution is 5.62. The molecule has 2 N–H and O–H groups in total. The Kier molecular flexibility index (Phi) is 3.31. The van der Waals surface area contributed by atoms with Gasteiger partial charge in [0.15, 0.2) is 6.04 Å². The fraction of sp³-hybridized carbons (Fsp3) is 0.857. The van der Waals surface area contributed by atoms with E-state index in [0.717, 1.165) is 0 Å². The third kappa shape index (κ3) is 2.69. The molecule has 1 aliphatic carbocycles. The Bertz CT molecular complexity index is 303. The van der Waals surface area contributed by atoms with Crippen LogP contribution in [0.15, 0.2) is 5.11 Å². The van der Waals surface area contributed by atoms with E-state index in [0.29, 0.717) is 0 Å². The number of nitrogens with one attached hydrogen (secondary N) is 2. The summed E-state index contributed by atoms with van der Waals surface area (Å²) in [4.78, 5) is 12.9. The normalized spacial score (nSPS) is 28.9. The molecule has 0 bridgehead atoms. The number of carbonyl (C=O) groups is 1. The van der Waals surface area contributed by atoms with Gasteiger partial charge in [0.1, 0.15) is 22.8 Å². The van der Waals surface area contributed by atoms with Crippen LogP contribution in [0.4, 0.5) is 13.6 Å². The summed E-state index contributed by atoms with van der Waals surface area (Å²) < 4.78 is 26.6. The molecule has 84 valence electrons. The standard InChI is InChI=1S/C7H10F2N4O2/c8-7(9)3-1-2-4(12-13-10)5(7)11-6(14)15/h4-5,10-11H,1-3H2/t4-,5?/m1/s1. The van der Waals surface area contributed by atoms with Gasteiger partial charge in [-0.25, -0.2) is 8.78 Å². The van der Waals surface area contributed by atoms with Gasteiger partial charge in [-0.2, -0.15) is 0 Å². The van der Waals surface area contributed by atoms with Crippen molar-refractivity contribution < 1.29 is 18.7 Å². The first kappa shape index (κ1) is 11.5. The summed E-state index contributed by atoms with van der Waals surface area (Å²) in [5, 5.41) is 15.1. The SMILES string of the molecule is N=[N+]=N[C@@H]1CCCC(F)(F)C1NC(=O)[O-]. The zero-order valence-corrected chi connectivity index (χ0v) is 7.74. The van der Waals surface area contributed by atoms with E-state index in [9.17, 15) is 18.7 Å². The third-order valence-electron chi connectivity index (χ3n) is 2.33. The lowest BCUT2D eigenvalue weighted by Crippen LogP contribution is -2.58. The highest BCUT2D eigenvalue weighted by Crippen LogP contribution is 2.34. The Labute approximate surface area is 83.9 Å². The fourth-order valence-corrected chi connectivity index (χ4v) is 1.68. The topological polar surface area (TPSA) is 102 Å². The summed E-state index contributed by atoms with van der Waals surface area (Å²) in [5.74, 6) is -3.17. The minimum Gasteiger partial charge on any atom is -0.530 e. The molecule has 0 aromatic heterocycles. The van der Waals surface area contributed by atoms with Crippen molar-refractivity contribution in [2.24, 2.45) is 5.11 Å². The molecule has 1 rings (SSSR count). The van der Waals surface area contributed by atoms with Crippen LogP contribution in [0, 0.1) is 5.53 Å². The van der Waals surface area contributed by atoms with Gasteiger partial charge in [-0.05, 0) is 12.8 Å². The van der Waals surface area contributed by atoms with E-state index >= 15 is 0 Å². The van der Waals surface area contributed by atoms with Gasteiger partial charge in [0.25, 0.3) is 5.92 Å². The molecule has 1 fully saturated rings. The predicted octanol–water partition coefficient (Wildman–Crippen LogP) is 0.0261. The lowest BCUT2D eigenvalue weighted by molar-refractivity contribution is -0.254. The zero-order chi connectivity index (χ0) is 11.5. The van der Waals surface area contributed by atoms with E-state index in [4.69, 9.17) is 5.53 Å². The van der Waals surface area contributed by atoms with Gasteiger partial charge in [0.2, 0.25) is 4.91 Å². The Balaban J connectivity index is 2.86. The molecule has 0 radical (unpaired) electrons. The maximum absolute atomic E-state index is 13.3. The predicted molar refractivity (Wildman–Crippen MR) is 42.2 cm³/mol. The molecule has 0 aromatic rings. The summed E-state index contributed by atoms with van der Waals surface area (Å²) in [6, 6.07) is -2.64. The second-order valence-corrected chi connectivity index (χ2v) is 3.35. The number of carbonyl (C=O) groups excluding carboxylic acids is 1. The molecule has 6 nitrogen and oxygen atoms in total. The van der Waals surface area contributed by atoms with Gasteiger partial charge < -0.3 is 15.2 Å². The van der Waals surface area contributed by atoms with Crippen LogP contribution in [0.25, 0.3) is 0 Å². The first-order valence-electron chi connectivity index (χ1n) is 4.39. The summed E-state index contributed by atoms with van der Waals surface area (Å²) in [6.07, 6.45) is -1.67. The van der Waals surface area contributed by atoms with E-state index in [1.165, 1.54) is 0 Å². The monoisotopic (exact) mass is 220 g/mol. The number of hydrogen-bond donors (Lipinski definition) is 2. The van der Waals surface area contributed by atoms with Crippen molar-refractivity contribution in [2.45, 2.75) is 37.3 Å². The summed E-state index contributed by atoms with van der Waals surface area (Å²) in [5.41, 5.74) is 6.46. The molecule has 0 saturated heterocycles. The van der Waals surface area contributed by atoms with Crippen LogP contribution in [0.2, 0.25) is 0 Å². The van der Waals surface area contributed by atoms with Crippen molar-refractivity contribution in [1.29, 1.82) is 5.53 Å². The van der Waals surface area contributed by atoms with Gasteiger partial charge in [-0.1, -0.05) is 0 Å². The minimum atomic E-state index is -3.17. The number of hydrogen-bond acceptors (Lipinski definition) is 4. The Morgan fingerprint density at radius 2 is 2.33 bits per heavy atom. The lowest BCUT2D eigenvalue weighted by Gasteiger charge is -2.34. The lowest BCUT2D eigenvalue weighted by atomic mass is 9.87. The van der Waals surface area contributed by atoms with Gasteiger partial charge in [0, 0.05) is 6.42 Å². The van der Waals surface area contributed by atoms with Crippen molar-refractivity contribution in [3.8, 4) is 0 Å². The van der Waals surface area contributed by atoms with Crippen LogP contribution in [-0.2, 0) is 0 Å². The molecule has 1 unspecified atom stereocenters. The maximum Gasteiger partial charge on any atom is 0.270 e. The molecule has 8 heteroatoms. The Hall–Kier alpha value is -1.56. The quantitative estimate of drug-likeness (QED) is 0.506. The Morgan fingerprint density at radius 1 is 1.67 bits per heavy atom. The van der Waals surface area contributed by atoms with E-state index in [1.807, 2.05) is 0 Å². The first-order valence-corrected chi connectivity index (χ1v) is 4.39. The van der Waals surface area contributed by atoms with Gasteiger partial charge >= 0.3 is 0 Å². The largest absolute Gasteiger partial charge is 0.530 e. The number of rotatable bonds is 2. The van der Waals surface area contributed by atoms with Crippen molar-refractivity contribution in [3.63, 3.8) is 0 Å². The van der Waals surface area contributed by atoms with Crippen LogP contribution in [0.5, 0.6) is 0 Å². The highest BCUT2D eigenvalue weighted by Gasteiger charge is 2.49. The average Bonchev–Trinajstić information content (AvgIpc) is 2.10. The maximum atomic E-state index is 13.3. The Morgan fingerprint density at radius 3 is 2.87 bits per heavy atom. The van der Waals surface area contributed by atoms with E-state index in [-0.39, 0.29) is 12.8 Å². The molecule has 15 heavy (non-hydrogen) atoms. The molecule has 0 spiro atoms. The van der Waals surface area contributed by atoms with E-state index in [1.54, 1.807) is 5.32 Å². The molecular weight excluding hydrogens is 210 g/mol. The number of amides is 1. The van der Waals surface area contributed by atoms with Crippen molar-refractivity contribution in [2.75, 3.05) is 0 Å². The summed E-state index contributed by atoms with van der Waals surface area (Å²) >= 11 is 0. The second kappa shape index (κ2) is 4.31. The zero-order valence-electron chi connectivity index (χ0n) is 7.74. The molecule has 2 atom stereocenters. The average molecular weight is 220 g/mol. The number of halogens is 2. The van der Waals surface area contributed by atoms with Crippen LogP contribution in [0.3, 0.4) is 0 Å². The summed E-state index contributed by atoms with van der Waals surface area (Å²) in [7, 11) is 0. The van der Waals surface area contributed by atoms with Crippen LogP contribution in [-0.4, -0.2) is 24.1 Å². The second-order valence-electron chi connectivity index (χ2n) is 3.35. The van der Waals surface area contributed by atoms with Crippen molar-refractivity contribution >= 4 is 6.09 Å². The van der Waals surface area contributed by atoms with E-state index < -0.39 is 30.5 Å². The van der Waals surface area contributed by atoms with Crippen LogP contribution >= 0.6 is 0 Å². The van der Waals surface area contributed by atoms with Crippen LogP contribution in [0.1, 0.15) is 19.3 Å². The molecule has 1 saturated carbocycles. The molecule has 0 aliphatic heterocycles. The third-order valence-corrected chi connectivity index (χ3v) is 2.33.